The Bertz CT molecular complexity index is 628. The van der Waals surface area contributed by atoms with Crippen LogP contribution in [0.15, 0.2) is 46.9 Å². The molecule has 0 aliphatic carbocycles. The summed E-state index contributed by atoms with van der Waals surface area (Å²) in [4.78, 5) is 12.2. The zero-order chi connectivity index (χ0) is 14.7. The van der Waals surface area contributed by atoms with Gasteiger partial charge in [0.25, 0.3) is 5.91 Å². The van der Waals surface area contributed by atoms with Gasteiger partial charge < -0.3 is 5.32 Å². The lowest BCUT2D eigenvalue weighted by Crippen LogP contribution is -2.26. The molecule has 104 valence electrons. The minimum atomic E-state index is -0.156. The van der Waals surface area contributed by atoms with Gasteiger partial charge in [-0.1, -0.05) is 35.3 Å². The molecule has 2 aromatic carbocycles. The summed E-state index contributed by atoms with van der Waals surface area (Å²) >= 11 is 15.1. The molecular weight excluding hydrogens is 361 g/mol. The highest BCUT2D eigenvalue weighted by atomic mass is 79.9. The predicted octanol–water partition coefficient (Wildman–Crippen LogP) is 5.25. The van der Waals surface area contributed by atoms with E-state index in [0.29, 0.717) is 20.1 Å². The van der Waals surface area contributed by atoms with E-state index in [9.17, 15) is 4.79 Å². The van der Waals surface area contributed by atoms with E-state index in [1.807, 2.05) is 19.1 Å². The van der Waals surface area contributed by atoms with E-state index >= 15 is 0 Å². The summed E-state index contributed by atoms with van der Waals surface area (Å²) in [6, 6.07) is 12.4. The minimum Gasteiger partial charge on any atom is -0.345 e. The van der Waals surface area contributed by atoms with Crippen LogP contribution >= 0.6 is 39.1 Å². The Morgan fingerprint density at radius 3 is 2.30 bits per heavy atom. The fourth-order valence-corrected chi connectivity index (χ4v) is 2.77. The van der Waals surface area contributed by atoms with Crippen LogP contribution in [0.1, 0.15) is 28.9 Å². The molecule has 0 bridgehead atoms. The van der Waals surface area contributed by atoms with Gasteiger partial charge in [0, 0.05) is 14.5 Å². The second-order valence-corrected chi connectivity index (χ2v) is 6.10. The highest BCUT2D eigenvalue weighted by Gasteiger charge is 2.14. The first-order valence-corrected chi connectivity index (χ1v) is 7.53. The zero-order valence-electron chi connectivity index (χ0n) is 10.7. The molecule has 2 nitrogen and oxygen atoms in total. The maximum atomic E-state index is 12.2. The van der Waals surface area contributed by atoms with Crippen molar-refractivity contribution >= 4 is 45.0 Å². The largest absolute Gasteiger partial charge is 0.345 e. The van der Waals surface area contributed by atoms with Crippen LogP contribution < -0.4 is 5.32 Å². The van der Waals surface area contributed by atoms with Gasteiger partial charge in [-0.3, -0.25) is 4.79 Å². The SMILES string of the molecule is CC(NC(=O)c1ccc(Cl)cc1Br)c1ccc(Cl)cc1. The standard InChI is InChI=1S/C15H12BrCl2NO/c1-9(10-2-4-11(17)5-3-10)19-15(20)13-7-6-12(18)8-14(13)16/h2-9H,1H3,(H,19,20). The van der Waals surface area contributed by atoms with Gasteiger partial charge in [0.2, 0.25) is 0 Å². The second kappa shape index (κ2) is 6.61. The van der Waals surface area contributed by atoms with E-state index in [0.717, 1.165) is 5.56 Å². The first-order valence-electron chi connectivity index (χ1n) is 5.99. The van der Waals surface area contributed by atoms with Gasteiger partial charge in [0.1, 0.15) is 0 Å². The average molecular weight is 373 g/mol. The third-order valence-corrected chi connectivity index (χ3v) is 4.04. The van der Waals surface area contributed by atoms with Crippen LogP contribution in [0.5, 0.6) is 0 Å². The van der Waals surface area contributed by atoms with Crippen LogP contribution in [0.3, 0.4) is 0 Å². The zero-order valence-corrected chi connectivity index (χ0v) is 13.8. The summed E-state index contributed by atoms with van der Waals surface area (Å²) in [5.41, 5.74) is 1.54. The summed E-state index contributed by atoms with van der Waals surface area (Å²) < 4.78 is 0.672. The molecular formula is C15H12BrCl2NO. The number of benzene rings is 2. The van der Waals surface area contributed by atoms with E-state index in [1.165, 1.54) is 0 Å². The van der Waals surface area contributed by atoms with Crippen molar-refractivity contribution in [1.29, 1.82) is 0 Å². The number of amides is 1. The highest BCUT2D eigenvalue weighted by molar-refractivity contribution is 9.10. The van der Waals surface area contributed by atoms with Crippen molar-refractivity contribution in [2.24, 2.45) is 0 Å². The third kappa shape index (κ3) is 3.75. The molecule has 0 aliphatic heterocycles. The summed E-state index contributed by atoms with van der Waals surface area (Å²) in [5.74, 6) is -0.156. The lowest BCUT2D eigenvalue weighted by Gasteiger charge is -2.15. The fraction of sp³-hybridized carbons (Fsp3) is 0.133. The number of rotatable bonds is 3. The molecule has 1 atom stereocenters. The highest BCUT2D eigenvalue weighted by Crippen LogP contribution is 2.23. The summed E-state index contributed by atoms with van der Waals surface area (Å²) in [6.45, 7) is 1.92. The van der Waals surface area contributed by atoms with Gasteiger partial charge in [0.15, 0.2) is 0 Å². The molecule has 1 unspecified atom stereocenters. The minimum absolute atomic E-state index is 0.109. The molecule has 2 rings (SSSR count). The van der Waals surface area contributed by atoms with Crippen molar-refractivity contribution in [3.8, 4) is 0 Å². The number of carbonyl (C=O) groups is 1. The summed E-state index contributed by atoms with van der Waals surface area (Å²) in [7, 11) is 0. The maximum Gasteiger partial charge on any atom is 0.252 e. The van der Waals surface area contributed by atoms with Crippen LogP contribution in [0.25, 0.3) is 0 Å². The lowest BCUT2D eigenvalue weighted by atomic mass is 10.1. The fourth-order valence-electron chi connectivity index (χ4n) is 1.78. The second-order valence-electron chi connectivity index (χ2n) is 4.37. The lowest BCUT2D eigenvalue weighted by molar-refractivity contribution is 0.0939. The Hall–Kier alpha value is -1.03. The normalized spacial score (nSPS) is 12.0. The summed E-state index contributed by atoms with van der Waals surface area (Å²) in [6.07, 6.45) is 0. The molecule has 0 aliphatic rings. The number of carbonyl (C=O) groups excluding carboxylic acids is 1. The van der Waals surface area contributed by atoms with Crippen LogP contribution in [0.4, 0.5) is 0 Å². The van der Waals surface area contributed by atoms with Crippen LogP contribution in [0, 0.1) is 0 Å². The molecule has 0 radical (unpaired) electrons. The van der Waals surface area contributed by atoms with Crippen LogP contribution in [-0.4, -0.2) is 5.91 Å². The molecule has 0 spiro atoms. The molecule has 0 saturated heterocycles. The molecule has 1 N–H and O–H groups in total. The monoisotopic (exact) mass is 371 g/mol. The molecule has 1 amide bonds. The Morgan fingerprint density at radius 2 is 1.70 bits per heavy atom. The van der Waals surface area contributed by atoms with Gasteiger partial charge in [-0.2, -0.15) is 0 Å². The van der Waals surface area contributed by atoms with Crippen molar-refractivity contribution in [2.75, 3.05) is 0 Å². The van der Waals surface area contributed by atoms with E-state index < -0.39 is 0 Å². The Balaban J connectivity index is 2.13. The van der Waals surface area contributed by atoms with E-state index in [-0.39, 0.29) is 11.9 Å². The average Bonchev–Trinajstić information content (AvgIpc) is 2.39. The quantitative estimate of drug-likeness (QED) is 0.783. The first kappa shape index (κ1) is 15.4. The van der Waals surface area contributed by atoms with Crippen LogP contribution in [0.2, 0.25) is 10.0 Å². The van der Waals surface area contributed by atoms with Gasteiger partial charge in [-0.25, -0.2) is 0 Å². The Kier molecular flexibility index (Phi) is 5.08. The van der Waals surface area contributed by atoms with Gasteiger partial charge in [-0.15, -0.1) is 0 Å². The molecule has 0 heterocycles. The summed E-state index contributed by atoms with van der Waals surface area (Å²) in [5, 5.41) is 4.19. The van der Waals surface area contributed by atoms with Crippen molar-refractivity contribution < 1.29 is 4.79 Å². The van der Waals surface area contributed by atoms with Crippen molar-refractivity contribution in [1.82, 2.24) is 5.32 Å². The van der Waals surface area contributed by atoms with Gasteiger partial charge >= 0.3 is 0 Å². The molecule has 0 saturated carbocycles. The van der Waals surface area contributed by atoms with E-state index in [1.54, 1.807) is 30.3 Å². The van der Waals surface area contributed by atoms with Crippen molar-refractivity contribution in [3.63, 3.8) is 0 Å². The topological polar surface area (TPSA) is 29.1 Å². The van der Waals surface area contributed by atoms with E-state index in [2.05, 4.69) is 21.2 Å². The first-order chi connectivity index (χ1) is 9.47. The molecule has 2 aromatic rings. The number of halogens is 3. The Morgan fingerprint density at radius 1 is 1.10 bits per heavy atom. The van der Waals surface area contributed by atoms with Crippen molar-refractivity contribution in [3.05, 3.63) is 68.1 Å². The van der Waals surface area contributed by atoms with Crippen molar-refractivity contribution in [2.45, 2.75) is 13.0 Å². The molecule has 20 heavy (non-hydrogen) atoms. The van der Waals surface area contributed by atoms with Crippen LogP contribution in [-0.2, 0) is 0 Å². The number of nitrogens with one attached hydrogen (secondary N) is 1. The Labute approximate surface area is 136 Å². The smallest absolute Gasteiger partial charge is 0.252 e. The molecule has 5 heteroatoms. The van der Waals surface area contributed by atoms with E-state index in [4.69, 9.17) is 23.2 Å². The maximum absolute atomic E-state index is 12.2. The number of hydrogen-bond acceptors (Lipinski definition) is 1. The van der Waals surface area contributed by atoms with Gasteiger partial charge in [-0.05, 0) is 58.7 Å². The molecule has 0 aromatic heterocycles. The number of hydrogen-bond donors (Lipinski definition) is 1. The molecule has 0 fully saturated rings. The third-order valence-electron chi connectivity index (χ3n) is 2.89. The van der Waals surface area contributed by atoms with Gasteiger partial charge in [0.05, 0.1) is 11.6 Å². The predicted molar refractivity (Wildman–Crippen MR) is 86.5 cm³/mol.